The Balaban J connectivity index is 2.20. The second kappa shape index (κ2) is 6.40. The molecule has 0 aromatic carbocycles. The summed E-state index contributed by atoms with van der Waals surface area (Å²) < 4.78 is 9.27. The van der Waals surface area contributed by atoms with Gasteiger partial charge in [0, 0.05) is 0 Å². The number of carboxylic acid groups (broad SMARTS) is 1. The summed E-state index contributed by atoms with van der Waals surface area (Å²) in [4.78, 5) is 36.2. The van der Waals surface area contributed by atoms with Gasteiger partial charge >= 0.3 is 6.09 Å². The van der Waals surface area contributed by atoms with E-state index < -0.39 is 30.4 Å². The second-order valence-electron chi connectivity index (χ2n) is 4.77. The van der Waals surface area contributed by atoms with Crippen LogP contribution in [0.3, 0.4) is 0 Å². The zero-order chi connectivity index (χ0) is 17.1. The van der Waals surface area contributed by atoms with Crippen molar-refractivity contribution in [2.45, 2.75) is 20.0 Å². The first-order valence-corrected chi connectivity index (χ1v) is 6.47. The number of carbonyl (C=O) groups is 3. The lowest BCUT2D eigenvalue weighted by molar-refractivity contribution is 0.0741. The highest BCUT2D eigenvalue weighted by Gasteiger charge is 2.31. The number of aryl methyl sites for hydroxylation is 2. The highest BCUT2D eigenvalue weighted by molar-refractivity contribution is 6.03. The van der Waals surface area contributed by atoms with Crippen LogP contribution in [0, 0.1) is 13.8 Å². The molecule has 0 radical (unpaired) electrons. The van der Waals surface area contributed by atoms with Crippen molar-refractivity contribution in [2.24, 2.45) is 5.73 Å². The minimum atomic E-state index is -1.57. The third-order valence-corrected chi connectivity index (χ3v) is 3.23. The molecule has 23 heavy (non-hydrogen) atoms. The van der Waals surface area contributed by atoms with E-state index in [2.05, 4.69) is 19.4 Å². The van der Waals surface area contributed by atoms with Gasteiger partial charge in [0.1, 0.15) is 18.7 Å². The van der Waals surface area contributed by atoms with Crippen LogP contribution in [0.5, 0.6) is 0 Å². The fraction of sp³-hybridized carbons (Fsp3) is 0.308. The molecule has 2 heterocycles. The summed E-state index contributed by atoms with van der Waals surface area (Å²) in [6, 6.07) is 0. The molecule has 2 aromatic rings. The number of rotatable bonds is 6. The Morgan fingerprint density at radius 2 is 1.70 bits per heavy atom. The van der Waals surface area contributed by atoms with Gasteiger partial charge in [-0.15, -0.1) is 0 Å². The molecule has 1 amide bonds. The molecule has 0 bridgehead atoms. The van der Waals surface area contributed by atoms with Crippen molar-refractivity contribution in [1.82, 2.24) is 15.2 Å². The maximum Gasteiger partial charge on any atom is 0.409 e. The lowest BCUT2D eigenvalue weighted by Crippen LogP contribution is -2.52. The number of carbonyl (C=O) groups excluding carboxylic acids is 2. The maximum atomic E-state index is 12.2. The van der Waals surface area contributed by atoms with E-state index in [4.69, 9.17) is 5.73 Å². The first-order chi connectivity index (χ1) is 10.8. The van der Waals surface area contributed by atoms with Crippen LogP contribution in [0.15, 0.2) is 21.6 Å². The number of hydrogen-bond donors (Lipinski definition) is 2. The lowest BCUT2D eigenvalue weighted by atomic mass is 10.1. The summed E-state index contributed by atoms with van der Waals surface area (Å²) in [5.74, 6) is -1.31. The summed E-state index contributed by atoms with van der Waals surface area (Å²) in [7, 11) is 0. The van der Waals surface area contributed by atoms with E-state index >= 15 is 0 Å². The predicted octanol–water partition coefficient (Wildman–Crippen LogP) is 0.610. The van der Waals surface area contributed by atoms with E-state index in [-0.39, 0.29) is 16.8 Å². The number of nitrogens with zero attached hydrogens (tertiary/aromatic N) is 3. The van der Waals surface area contributed by atoms with Gasteiger partial charge in [0.25, 0.3) is 0 Å². The molecule has 2 rings (SSSR count). The average Bonchev–Trinajstić information content (AvgIpc) is 3.11. The van der Waals surface area contributed by atoms with E-state index in [1.807, 2.05) is 0 Å². The molecule has 3 N–H and O–H groups in total. The van der Waals surface area contributed by atoms with Gasteiger partial charge in [-0.2, -0.15) is 0 Å². The number of aromatic nitrogens is 2. The van der Waals surface area contributed by atoms with Gasteiger partial charge < -0.3 is 19.9 Å². The fourth-order valence-corrected chi connectivity index (χ4v) is 1.91. The highest BCUT2D eigenvalue weighted by atomic mass is 16.5. The summed E-state index contributed by atoms with van der Waals surface area (Å²) >= 11 is 0. The van der Waals surface area contributed by atoms with Crippen LogP contribution >= 0.6 is 0 Å². The Labute approximate surface area is 129 Å². The Morgan fingerprint density at radius 3 is 2.13 bits per heavy atom. The van der Waals surface area contributed by atoms with E-state index in [0.717, 1.165) is 12.5 Å². The molecule has 1 atom stereocenters. The molecule has 0 aliphatic rings. The maximum absolute atomic E-state index is 12.2. The van der Waals surface area contributed by atoms with Gasteiger partial charge in [0.15, 0.2) is 5.78 Å². The van der Waals surface area contributed by atoms with Crippen LogP contribution in [0.1, 0.15) is 32.1 Å². The molecule has 10 heteroatoms. The molecule has 0 spiro atoms. The molecule has 0 saturated heterocycles. The van der Waals surface area contributed by atoms with E-state index in [1.54, 1.807) is 0 Å². The Bertz CT molecular complexity index is 749. The van der Waals surface area contributed by atoms with Gasteiger partial charge in [-0.1, -0.05) is 10.3 Å². The molecule has 2 aromatic heterocycles. The van der Waals surface area contributed by atoms with Crippen LogP contribution in [0.2, 0.25) is 0 Å². The average molecular weight is 322 g/mol. The van der Waals surface area contributed by atoms with Crippen molar-refractivity contribution in [1.29, 1.82) is 0 Å². The van der Waals surface area contributed by atoms with Gasteiger partial charge in [-0.3, -0.25) is 14.5 Å². The quantitative estimate of drug-likeness (QED) is 0.575. The predicted molar refractivity (Wildman–Crippen MR) is 73.8 cm³/mol. The SMILES string of the molecule is Cc1nocc1C(=O)CN(C(=O)O)C(N)C(=O)c1conc1C. The van der Waals surface area contributed by atoms with Crippen molar-refractivity contribution < 1.29 is 28.5 Å². The summed E-state index contributed by atoms with van der Waals surface area (Å²) in [5.41, 5.74) is 6.46. The first kappa shape index (κ1) is 16.4. The molecule has 0 saturated carbocycles. The largest absolute Gasteiger partial charge is 0.465 e. The molecule has 0 fully saturated rings. The fourth-order valence-electron chi connectivity index (χ4n) is 1.91. The van der Waals surface area contributed by atoms with Crippen molar-refractivity contribution >= 4 is 17.7 Å². The minimum Gasteiger partial charge on any atom is -0.465 e. The number of Topliss-reactive ketones (excluding diaryl/α,β-unsaturated/α-hetero) is 2. The van der Waals surface area contributed by atoms with Gasteiger partial charge in [0.2, 0.25) is 5.78 Å². The third-order valence-electron chi connectivity index (χ3n) is 3.23. The number of hydrogen-bond acceptors (Lipinski definition) is 8. The van der Waals surface area contributed by atoms with E-state index in [9.17, 15) is 19.5 Å². The topological polar surface area (TPSA) is 153 Å². The molecule has 1 unspecified atom stereocenters. The molecule has 122 valence electrons. The van der Waals surface area contributed by atoms with Crippen molar-refractivity contribution in [3.63, 3.8) is 0 Å². The van der Waals surface area contributed by atoms with Gasteiger partial charge in [-0.25, -0.2) is 4.79 Å². The first-order valence-electron chi connectivity index (χ1n) is 6.47. The van der Waals surface area contributed by atoms with Crippen LogP contribution in [0.4, 0.5) is 4.79 Å². The van der Waals surface area contributed by atoms with Crippen LogP contribution < -0.4 is 5.73 Å². The Hall–Kier alpha value is -3.01. The smallest absolute Gasteiger partial charge is 0.409 e. The van der Waals surface area contributed by atoms with Crippen molar-refractivity contribution in [3.05, 3.63) is 35.0 Å². The number of amides is 1. The second-order valence-corrected chi connectivity index (χ2v) is 4.77. The van der Waals surface area contributed by atoms with Gasteiger partial charge in [0.05, 0.1) is 29.1 Å². The number of ketones is 2. The third kappa shape index (κ3) is 3.26. The van der Waals surface area contributed by atoms with E-state index in [0.29, 0.717) is 10.6 Å². The Kier molecular flexibility index (Phi) is 4.55. The standard InChI is InChI=1S/C13H14N4O6/c1-6-8(4-22-15-6)10(18)3-17(13(20)21)12(14)11(19)9-5-23-16-7(9)2/h4-5,12H,3,14H2,1-2H3,(H,20,21). The minimum absolute atomic E-state index is 0.0531. The van der Waals surface area contributed by atoms with Crippen LogP contribution in [0.25, 0.3) is 0 Å². The van der Waals surface area contributed by atoms with Crippen LogP contribution in [-0.2, 0) is 0 Å². The monoisotopic (exact) mass is 322 g/mol. The lowest BCUT2D eigenvalue weighted by Gasteiger charge is -2.23. The number of nitrogens with two attached hydrogens (primary N) is 1. The van der Waals surface area contributed by atoms with Crippen molar-refractivity contribution in [3.8, 4) is 0 Å². The molecule has 0 aliphatic carbocycles. The van der Waals surface area contributed by atoms with E-state index in [1.165, 1.54) is 13.8 Å². The van der Waals surface area contributed by atoms with Crippen LogP contribution in [-0.4, -0.2) is 50.7 Å². The normalized spacial score (nSPS) is 12.0. The zero-order valence-corrected chi connectivity index (χ0v) is 12.3. The summed E-state index contributed by atoms with van der Waals surface area (Å²) in [5, 5.41) is 16.3. The molecule has 10 nitrogen and oxygen atoms in total. The highest BCUT2D eigenvalue weighted by Crippen LogP contribution is 2.12. The summed E-state index contributed by atoms with van der Waals surface area (Å²) in [6.45, 7) is 2.43. The van der Waals surface area contributed by atoms with Crippen molar-refractivity contribution in [2.75, 3.05) is 6.54 Å². The zero-order valence-electron chi connectivity index (χ0n) is 12.3. The molecular weight excluding hydrogens is 308 g/mol. The molecule has 0 aliphatic heterocycles. The Morgan fingerprint density at radius 1 is 1.17 bits per heavy atom. The van der Waals surface area contributed by atoms with Gasteiger partial charge in [-0.05, 0) is 13.8 Å². The summed E-state index contributed by atoms with van der Waals surface area (Å²) in [6.07, 6.45) is -0.907. The molecular formula is C13H14N4O6.